The molecule has 0 aliphatic rings. The van der Waals surface area contributed by atoms with Crippen LogP contribution in [0.5, 0.6) is 0 Å². The van der Waals surface area contributed by atoms with E-state index in [2.05, 4.69) is 30.4 Å². The third-order valence-electron chi connectivity index (χ3n) is 3.36. The lowest BCUT2D eigenvalue weighted by Gasteiger charge is -2.29. The largest absolute Gasteiger partial charge is 0.351 e. The number of hydrogen-bond donors (Lipinski definition) is 1. The van der Waals surface area contributed by atoms with E-state index in [0.29, 0.717) is 17.1 Å². The van der Waals surface area contributed by atoms with E-state index in [1.165, 1.54) is 12.3 Å². The number of aromatic nitrogens is 1. The molecule has 0 aromatic carbocycles. The number of pyridine rings is 1. The van der Waals surface area contributed by atoms with Gasteiger partial charge in [0, 0.05) is 17.5 Å². The van der Waals surface area contributed by atoms with Crippen molar-refractivity contribution in [1.29, 1.82) is 0 Å². The zero-order valence-electron chi connectivity index (χ0n) is 11.3. The van der Waals surface area contributed by atoms with Crippen molar-refractivity contribution in [2.75, 3.05) is 12.8 Å². The van der Waals surface area contributed by atoms with Gasteiger partial charge in [-0.3, -0.25) is 4.79 Å². The molecule has 0 radical (unpaired) electrons. The molecule has 0 aliphatic heterocycles. The summed E-state index contributed by atoms with van der Waals surface area (Å²) in [6.45, 7) is 4.86. The van der Waals surface area contributed by atoms with Gasteiger partial charge in [-0.2, -0.15) is 11.8 Å². The second kappa shape index (κ2) is 7.36. The van der Waals surface area contributed by atoms with Gasteiger partial charge in [0.15, 0.2) is 0 Å². The fraction of sp³-hybridized carbons (Fsp3) is 0.538. The molecule has 1 aromatic rings. The molecule has 0 fully saturated rings. The van der Waals surface area contributed by atoms with Gasteiger partial charge < -0.3 is 5.32 Å². The summed E-state index contributed by atoms with van der Waals surface area (Å²) >= 11 is 13.5. The minimum atomic E-state index is -0.213. The quantitative estimate of drug-likeness (QED) is 0.804. The molecule has 0 atom stereocenters. The van der Waals surface area contributed by atoms with Gasteiger partial charge in [0.25, 0.3) is 5.91 Å². The summed E-state index contributed by atoms with van der Waals surface area (Å²) < 4.78 is 0.0684. The van der Waals surface area contributed by atoms with Crippen LogP contribution in [0.1, 0.15) is 37.0 Å². The number of nitrogens with zero attached hydrogens (tertiary/aromatic N) is 1. The normalized spacial score (nSPS) is 11.4. The Hall–Kier alpha value is -0.450. The average Bonchev–Trinajstić information content (AvgIpc) is 2.43. The lowest BCUT2D eigenvalue weighted by Crippen LogP contribution is -2.39. The second-order valence-corrected chi connectivity index (χ2v) is 6.33. The Balaban J connectivity index is 2.77. The summed E-state index contributed by atoms with van der Waals surface area (Å²) in [6, 6.07) is 1.48. The van der Waals surface area contributed by atoms with Crippen LogP contribution in [-0.2, 0) is 0 Å². The van der Waals surface area contributed by atoms with Gasteiger partial charge >= 0.3 is 0 Å². The Morgan fingerprint density at radius 2 is 2.05 bits per heavy atom. The number of nitrogens with one attached hydrogen (secondary N) is 1. The zero-order chi connectivity index (χ0) is 14.5. The molecule has 0 saturated heterocycles. The molecule has 1 rings (SSSR count). The highest BCUT2D eigenvalue weighted by molar-refractivity contribution is 8.00. The first-order valence-electron chi connectivity index (χ1n) is 6.12. The molecule has 0 saturated carbocycles. The average molecular weight is 321 g/mol. The van der Waals surface area contributed by atoms with Crippen LogP contribution < -0.4 is 5.32 Å². The Morgan fingerprint density at radius 3 is 2.58 bits per heavy atom. The smallest absolute Gasteiger partial charge is 0.253 e. The highest BCUT2D eigenvalue weighted by Gasteiger charge is 2.26. The molecule has 6 heteroatoms. The van der Waals surface area contributed by atoms with Crippen molar-refractivity contribution in [1.82, 2.24) is 10.3 Å². The van der Waals surface area contributed by atoms with Gasteiger partial charge in [0.1, 0.15) is 5.15 Å². The molecule has 3 nitrogen and oxygen atoms in total. The van der Waals surface area contributed by atoms with Crippen molar-refractivity contribution in [3.8, 4) is 0 Å². The third kappa shape index (κ3) is 4.26. The van der Waals surface area contributed by atoms with E-state index in [0.717, 1.165) is 12.8 Å². The molecule has 0 bridgehead atoms. The number of amides is 1. The van der Waals surface area contributed by atoms with Crippen molar-refractivity contribution in [2.45, 2.75) is 31.4 Å². The molecule has 1 aromatic heterocycles. The van der Waals surface area contributed by atoms with Crippen LogP contribution in [0.4, 0.5) is 0 Å². The van der Waals surface area contributed by atoms with Crippen molar-refractivity contribution >= 4 is 40.9 Å². The first-order valence-corrected chi connectivity index (χ1v) is 8.10. The molecule has 1 heterocycles. The van der Waals surface area contributed by atoms with Crippen LogP contribution in [0.2, 0.25) is 10.2 Å². The molecule has 0 unspecified atom stereocenters. The van der Waals surface area contributed by atoms with E-state index in [1.807, 2.05) is 0 Å². The van der Waals surface area contributed by atoms with Crippen LogP contribution in [0.25, 0.3) is 0 Å². The van der Waals surface area contributed by atoms with Crippen LogP contribution in [0.15, 0.2) is 12.3 Å². The highest BCUT2D eigenvalue weighted by atomic mass is 35.5. The number of rotatable bonds is 6. The number of carbonyl (C=O) groups is 1. The summed E-state index contributed by atoms with van der Waals surface area (Å²) in [4.78, 5) is 15.9. The minimum absolute atomic E-state index is 0.0684. The summed E-state index contributed by atoms with van der Waals surface area (Å²) in [5.74, 6) is -0.213. The van der Waals surface area contributed by atoms with E-state index in [9.17, 15) is 4.79 Å². The van der Waals surface area contributed by atoms with Crippen molar-refractivity contribution in [2.24, 2.45) is 0 Å². The second-order valence-electron chi connectivity index (χ2n) is 4.26. The van der Waals surface area contributed by atoms with Crippen LogP contribution in [0.3, 0.4) is 0 Å². The van der Waals surface area contributed by atoms with E-state index in [-0.39, 0.29) is 15.8 Å². The van der Waals surface area contributed by atoms with E-state index < -0.39 is 0 Å². The van der Waals surface area contributed by atoms with Crippen LogP contribution in [0, 0.1) is 0 Å². The number of thioether (sulfide) groups is 1. The van der Waals surface area contributed by atoms with Gasteiger partial charge in [-0.25, -0.2) is 4.98 Å². The van der Waals surface area contributed by atoms with E-state index in [4.69, 9.17) is 23.2 Å². The summed E-state index contributed by atoms with van der Waals surface area (Å²) in [5, 5.41) is 3.50. The maximum Gasteiger partial charge on any atom is 0.253 e. The molecule has 19 heavy (non-hydrogen) atoms. The third-order valence-corrected chi connectivity index (χ3v) is 5.45. The number of hydrogen-bond acceptors (Lipinski definition) is 3. The summed E-state index contributed by atoms with van der Waals surface area (Å²) in [5.41, 5.74) is 0.365. The topological polar surface area (TPSA) is 42.0 Å². The lowest BCUT2D eigenvalue weighted by atomic mass is 10.0. The van der Waals surface area contributed by atoms with Gasteiger partial charge in [-0.15, -0.1) is 0 Å². The highest BCUT2D eigenvalue weighted by Crippen LogP contribution is 2.29. The molecule has 0 spiro atoms. The van der Waals surface area contributed by atoms with Crippen LogP contribution in [-0.4, -0.2) is 28.4 Å². The van der Waals surface area contributed by atoms with Crippen molar-refractivity contribution in [3.05, 3.63) is 28.0 Å². The van der Waals surface area contributed by atoms with E-state index in [1.54, 1.807) is 11.8 Å². The Kier molecular flexibility index (Phi) is 6.43. The molecular formula is C13H18Cl2N2OS. The Labute approximate surface area is 128 Å². The monoisotopic (exact) mass is 320 g/mol. The number of halogens is 2. The maximum atomic E-state index is 12.1. The predicted octanol–water partition coefficient (Wildman–Crippen LogP) is 4.04. The Morgan fingerprint density at radius 1 is 1.42 bits per heavy atom. The molecule has 1 N–H and O–H groups in total. The van der Waals surface area contributed by atoms with E-state index >= 15 is 0 Å². The fourth-order valence-corrected chi connectivity index (χ4v) is 2.93. The lowest BCUT2D eigenvalue weighted by molar-refractivity contribution is 0.0949. The van der Waals surface area contributed by atoms with Gasteiger partial charge in [0.05, 0.1) is 10.6 Å². The summed E-state index contributed by atoms with van der Waals surface area (Å²) in [6.07, 6.45) is 5.45. The molecule has 1 amide bonds. The SMILES string of the molecule is CCC(CC)(CNC(=O)c1cc(Cl)ncc1Cl)SC. The van der Waals surface area contributed by atoms with Gasteiger partial charge in [-0.05, 0) is 25.2 Å². The van der Waals surface area contributed by atoms with Crippen molar-refractivity contribution < 1.29 is 4.79 Å². The standard InChI is InChI=1S/C13H18Cl2N2OS/c1-4-13(5-2,19-3)8-17-12(18)9-6-11(15)16-7-10(9)14/h6-7H,4-5,8H2,1-3H3,(H,17,18). The molecular weight excluding hydrogens is 303 g/mol. The first kappa shape index (κ1) is 16.6. The van der Waals surface area contributed by atoms with Crippen molar-refractivity contribution in [3.63, 3.8) is 0 Å². The zero-order valence-corrected chi connectivity index (χ0v) is 13.6. The van der Waals surface area contributed by atoms with Crippen LogP contribution >= 0.6 is 35.0 Å². The fourth-order valence-electron chi connectivity index (χ4n) is 1.78. The number of carbonyl (C=O) groups excluding carboxylic acids is 1. The molecule has 106 valence electrons. The van der Waals surface area contributed by atoms with Gasteiger partial charge in [-0.1, -0.05) is 37.0 Å². The maximum absolute atomic E-state index is 12.1. The predicted molar refractivity (Wildman–Crippen MR) is 83.4 cm³/mol. The van der Waals surface area contributed by atoms with Gasteiger partial charge in [0.2, 0.25) is 0 Å². The molecule has 0 aliphatic carbocycles. The Bertz CT molecular complexity index is 442. The first-order chi connectivity index (χ1) is 8.98. The minimum Gasteiger partial charge on any atom is -0.351 e. The summed E-state index contributed by atoms with van der Waals surface area (Å²) in [7, 11) is 0.